The molecule has 1 atom stereocenters. The standard InChI is InChI=1S/C15H23N3O3/c1-5-9-15(2,13(19)20)17-14(21)16-11-7-6-8-12(10-11)18(3)4/h6-8,10H,5,9H2,1-4H3,(H,19,20)(H2,16,17,21). The maximum Gasteiger partial charge on any atom is 0.329 e. The summed E-state index contributed by atoms with van der Waals surface area (Å²) in [7, 11) is 3.81. The molecule has 21 heavy (non-hydrogen) atoms. The summed E-state index contributed by atoms with van der Waals surface area (Å²) in [5.41, 5.74) is 0.295. The highest BCUT2D eigenvalue weighted by molar-refractivity contribution is 5.94. The number of rotatable bonds is 6. The normalized spacial score (nSPS) is 13.1. The Hall–Kier alpha value is -2.24. The zero-order valence-electron chi connectivity index (χ0n) is 12.9. The molecule has 0 aliphatic heterocycles. The zero-order valence-corrected chi connectivity index (χ0v) is 12.9. The van der Waals surface area contributed by atoms with Crippen LogP contribution in [0.5, 0.6) is 0 Å². The number of nitrogens with zero attached hydrogens (tertiary/aromatic N) is 1. The number of aliphatic carboxylic acids is 1. The van der Waals surface area contributed by atoms with Crippen molar-refractivity contribution < 1.29 is 14.7 Å². The Bertz CT molecular complexity index is 517. The summed E-state index contributed by atoms with van der Waals surface area (Å²) < 4.78 is 0. The van der Waals surface area contributed by atoms with Crippen LogP contribution in [0.25, 0.3) is 0 Å². The number of hydrogen-bond acceptors (Lipinski definition) is 3. The first-order valence-electron chi connectivity index (χ1n) is 6.88. The van der Waals surface area contributed by atoms with Gasteiger partial charge in [-0.25, -0.2) is 9.59 Å². The lowest BCUT2D eigenvalue weighted by atomic mass is 9.97. The topological polar surface area (TPSA) is 81.7 Å². The van der Waals surface area contributed by atoms with E-state index in [0.29, 0.717) is 18.5 Å². The summed E-state index contributed by atoms with van der Waals surface area (Å²) in [6.07, 6.45) is 1.03. The lowest BCUT2D eigenvalue weighted by molar-refractivity contribution is -0.143. The number of hydrogen-bond donors (Lipinski definition) is 3. The molecule has 0 radical (unpaired) electrons. The van der Waals surface area contributed by atoms with Crippen molar-refractivity contribution in [1.82, 2.24) is 5.32 Å². The lowest BCUT2D eigenvalue weighted by Crippen LogP contribution is -2.53. The molecule has 2 amide bonds. The summed E-state index contributed by atoms with van der Waals surface area (Å²) in [6.45, 7) is 3.38. The highest BCUT2D eigenvalue weighted by Crippen LogP contribution is 2.18. The predicted octanol–water partition coefficient (Wildman–Crippen LogP) is 2.52. The Morgan fingerprint density at radius 3 is 2.52 bits per heavy atom. The van der Waals surface area contributed by atoms with Gasteiger partial charge in [0.05, 0.1) is 0 Å². The number of benzene rings is 1. The number of carboxylic acids is 1. The molecule has 0 aromatic heterocycles. The molecule has 1 rings (SSSR count). The van der Waals surface area contributed by atoms with Crippen LogP contribution in [0.15, 0.2) is 24.3 Å². The summed E-state index contributed by atoms with van der Waals surface area (Å²) in [5, 5.41) is 14.4. The summed E-state index contributed by atoms with van der Waals surface area (Å²) in [4.78, 5) is 25.2. The molecule has 116 valence electrons. The first-order valence-corrected chi connectivity index (χ1v) is 6.88. The molecule has 1 aromatic rings. The molecule has 0 saturated carbocycles. The first kappa shape index (κ1) is 16.8. The molecule has 0 spiro atoms. The van der Waals surface area contributed by atoms with E-state index in [1.807, 2.05) is 44.1 Å². The van der Waals surface area contributed by atoms with Gasteiger partial charge in [-0.3, -0.25) is 0 Å². The van der Waals surface area contributed by atoms with Crippen LogP contribution in [0.4, 0.5) is 16.2 Å². The minimum atomic E-state index is -1.27. The molecular formula is C15H23N3O3. The quantitative estimate of drug-likeness (QED) is 0.752. The third-order valence-electron chi connectivity index (χ3n) is 3.23. The number of anilines is 2. The molecule has 0 saturated heterocycles. The van der Waals surface area contributed by atoms with E-state index in [1.165, 1.54) is 6.92 Å². The summed E-state index contributed by atoms with van der Waals surface area (Å²) >= 11 is 0. The van der Waals surface area contributed by atoms with Crippen molar-refractivity contribution >= 4 is 23.4 Å². The van der Waals surface area contributed by atoms with Crippen molar-refractivity contribution in [3.63, 3.8) is 0 Å². The molecule has 1 unspecified atom stereocenters. The van der Waals surface area contributed by atoms with Gasteiger partial charge in [-0.1, -0.05) is 19.4 Å². The smallest absolute Gasteiger partial charge is 0.329 e. The van der Waals surface area contributed by atoms with Gasteiger partial charge >= 0.3 is 12.0 Å². The van der Waals surface area contributed by atoms with Gasteiger partial charge in [-0.05, 0) is 31.5 Å². The molecule has 0 bridgehead atoms. The van der Waals surface area contributed by atoms with Crippen LogP contribution >= 0.6 is 0 Å². The largest absolute Gasteiger partial charge is 0.480 e. The van der Waals surface area contributed by atoms with Gasteiger partial charge in [-0.2, -0.15) is 0 Å². The Balaban J connectivity index is 2.77. The van der Waals surface area contributed by atoms with Crippen LogP contribution in [0.3, 0.4) is 0 Å². The number of amides is 2. The predicted molar refractivity (Wildman–Crippen MR) is 83.9 cm³/mol. The van der Waals surface area contributed by atoms with Gasteiger partial charge in [0.25, 0.3) is 0 Å². The van der Waals surface area contributed by atoms with E-state index < -0.39 is 17.5 Å². The first-order chi connectivity index (χ1) is 9.78. The van der Waals surface area contributed by atoms with Gasteiger partial charge < -0.3 is 20.6 Å². The Morgan fingerprint density at radius 1 is 1.33 bits per heavy atom. The maximum absolute atomic E-state index is 12.0. The molecule has 1 aromatic carbocycles. The van der Waals surface area contributed by atoms with Crippen molar-refractivity contribution in [3.05, 3.63) is 24.3 Å². The van der Waals surface area contributed by atoms with E-state index in [9.17, 15) is 14.7 Å². The molecule has 6 heteroatoms. The number of carboxylic acid groups (broad SMARTS) is 1. The van der Waals surface area contributed by atoms with Crippen LogP contribution in [0.2, 0.25) is 0 Å². The minimum Gasteiger partial charge on any atom is -0.480 e. The van der Waals surface area contributed by atoms with Crippen molar-refractivity contribution in [2.45, 2.75) is 32.2 Å². The van der Waals surface area contributed by atoms with Gasteiger partial charge in [0.1, 0.15) is 5.54 Å². The number of urea groups is 1. The van der Waals surface area contributed by atoms with Gasteiger partial charge in [0.15, 0.2) is 0 Å². The molecule has 3 N–H and O–H groups in total. The molecule has 6 nitrogen and oxygen atoms in total. The van der Waals surface area contributed by atoms with E-state index in [-0.39, 0.29) is 0 Å². The number of carbonyl (C=O) groups excluding carboxylic acids is 1. The fraction of sp³-hybridized carbons (Fsp3) is 0.467. The van der Waals surface area contributed by atoms with E-state index in [4.69, 9.17) is 0 Å². The molecule has 0 heterocycles. The second-order valence-corrected chi connectivity index (χ2v) is 5.41. The third-order valence-corrected chi connectivity index (χ3v) is 3.23. The van der Waals surface area contributed by atoms with Crippen LogP contribution in [0.1, 0.15) is 26.7 Å². The van der Waals surface area contributed by atoms with Crippen molar-refractivity contribution in [3.8, 4) is 0 Å². The van der Waals surface area contributed by atoms with Crippen LogP contribution < -0.4 is 15.5 Å². The van der Waals surface area contributed by atoms with Crippen LogP contribution in [-0.4, -0.2) is 36.7 Å². The Labute approximate surface area is 125 Å². The average Bonchev–Trinajstić information content (AvgIpc) is 2.38. The monoisotopic (exact) mass is 293 g/mol. The summed E-state index contributed by atoms with van der Waals surface area (Å²) in [5.74, 6) is -1.04. The number of nitrogens with one attached hydrogen (secondary N) is 2. The van der Waals surface area contributed by atoms with Crippen molar-refractivity contribution in [1.29, 1.82) is 0 Å². The second kappa shape index (κ2) is 6.97. The lowest BCUT2D eigenvalue weighted by Gasteiger charge is -2.26. The Morgan fingerprint density at radius 2 is 2.00 bits per heavy atom. The van der Waals surface area contributed by atoms with Crippen LogP contribution in [0, 0.1) is 0 Å². The van der Waals surface area contributed by atoms with Crippen LogP contribution in [-0.2, 0) is 4.79 Å². The van der Waals surface area contributed by atoms with E-state index in [1.54, 1.807) is 6.07 Å². The van der Waals surface area contributed by atoms with E-state index >= 15 is 0 Å². The highest BCUT2D eigenvalue weighted by Gasteiger charge is 2.33. The number of carbonyl (C=O) groups is 2. The fourth-order valence-corrected chi connectivity index (χ4v) is 2.00. The average molecular weight is 293 g/mol. The molecule has 0 aliphatic rings. The maximum atomic E-state index is 12.0. The highest BCUT2D eigenvalue weighted by atomic mass is 16.4. The zero-order chi connectivity index (χ0) is 16.0. The minimum absolute atomic E-state index is 0.369. The summed E-state index contributed by atoms with van der Waals surface area (Å²) in [6, 6.07) is 6.79. The van der Waals surface area contributed by atoms with Gasteiger partial charge in [0, 0.05) is 25.5 Å². The Kier molecular flexibility index (Phi) is 5.58. The van der Waals surface area contributed by atoms with E-state index in [2.05, 4.69) is 10.6 Å². The SMILES string of the molecule is CCCC(C)(NC(=O)Nc1cccc(N(C)C)c1)C(=O)O. The molecular weight excluding hydrogens is 270 g/mol. The fourth-order valence-electron chi connectivity index (χ4n) is 2.00. The molecule has 0 aliphatic carbocycles. The van der Waals surface area contributed by atoms with Gasteiger partial charge in [-0.15, -0.1) is 0 Å². The molecule has 0 fully saturated rings. The van der Waals surface area contributed by atoms with Gasteiger partial charge in [0.2, 0.25) is 0 Å². The third kappa shape index (κ3) is 4.66. The van der Waals surface area contributed by atoms with E-state index in [0.717, 1.165) is 5.69 Å². The van der Waals surface area contributed by atoms with Crippen molar-refractivity contribution in [2.24, 2.45) is 0 Å². The second-order valence-electron chi connectivity index (χ2n) is 5.41. The van der Waals surface area contributed by atoms with Crippen molar-refractivity contribution in [2.75, 3.05) is 24.3 Å².